The molecule has 3 heterocycles. The van der Waals surface area contributed by atoms with Gasteiger partial charge in [-0.15, -0.1) is 11.3 Å². The Kier molecular flexibility index (Phi) is 6.39. The second kappa shape index (κ2) is 9.56. The Balaban J connectivity index is 1.65. The topological polar surface area (TPSA) is 85.6 Å². The summed E-state index contributed by atoms with van der Waals surface area (Å²) in [5.74, 6) is -1.34. The van der Waals surface area contributed by atoms with Gasteiger partial charge in [0.1, 0.15) is 10.6 Å². The van der Waals surface area contributed by atoms with Gasteiger partial charge in [-0.25, -0.2) is 14.3 Å². The van der Waals surface area contributed by atoms with E-state index >= 15 is 0 Å². The normalized spacial score (nSPS) is 11.7. The zero-order valence-corrected chi connectivity index (χ0v) is 21.3. The maximum Gasteiger partial charge on any atom is 0.433 e. The number of aryl methyl sites for hydroxylation is 1. The highest BCUT2D eigenvalue weighted by molar-refractivity contribution is 7.16. The molecule has 0 spiro atoms. The Bertz CT molecular complexity index is 1720. The number of hydrogen-bond acceptors (Lipinski definition) is 6. The number of alkyl halides is 3. The molecule has 0 saturated carbocycles. The van der Waals surface area contributed by atoms with E-state index in [1.807, 2.05) is 18.2 Å². The monoisotopic (exact) mass is 538 g/mol. The van der Waals surface area contributed by atoms with E-state index in [1.54, 1.807) is 45.0 Å². The van der Waals surface area contributed by atoms with Gasteiger partial charge in [0.05, 0.1) is 24.1 Å². The SMILES string of the molecule is CCOC(=O)c1c(NC(=O)c2cnn3c(C(F)(F)F)cc(-c4cccc5ccccc45)nc23)sc(C)c1C. The number of nitrogens with zero attached hydrogens (tertiary/aromatic N) is 3. The fourth-order valence-electron chi connectivity index (χ4n) is 4.25. The van der Waals surface area contributed by atoms with Gasteiger partial charge in [0, 0.05) is 10.4 Å². The molecule has 0 fully saturated rings. The van der Waals surface area contributed by atoms with Crippen LogP contribution in [0.25, 0.3) is 27.7 Å². The summed E-state index contributed by atoms with van der Waals surface area (Å²) in [6.07, 6.45) is -3.73. The highest BCUT2D eigenvalue weighted by atomic mass is 32.1. The molecule has 0 bridgehead atoms. The number of nitrogens with one attached hydrogen (secondary N) is 1. The fraction of sp³-hybridized carbons (Fsp3) is 0.185. The summed E-state index contributed by atoms with van der Waals surface area (Å²) in [6.45, 7) is 5.34. The molecule has 0 aliphatic rings. The van der Waals surface area contributed by atoms with Crippen molar-refractivity contribution in [3.05, 3.63) is 82.0 Å². The van der Waals surface area contributed by atoms with Crippen LogP contribution in [0.5, 0.6) is 0 Å². The minimum Gasteiger partial charge on any atom is -0.462 e. The van der Waals surface area contributed by atoms with Crippen LogP contribution >= 0.6 is 11.3 Å². The van der Waals surface area contributed by atoms with Crippen molar-refractivity contribution < 1.29 is 27.5 Å². The Morgan fingerprint density at radius 2 is 1.84 bits per heavy atom. The molecule has 0 unspecified atom stereocenters. The largest absolute Gasteiger partial charge is 0.462 e. The lowest BCUT2D eigenvalue weighted by Crippen LogP contribution is -2.17. The van der Waals surface area contributed by atoms with E-state index in [0.29, 0.717) is 21.0 Å². The third-order valence-electron chi connectivity index (χ3n) is 6.16. The zero-order chi connectivity index (χ0) is 27.2. The van der Waals surface area contributed by atoms with Gasteiger partial charge in [0.2, 0.25) is 0 Å². The van der Waals surface area contributed by atoms with E-state index < -0.39 is 23.7 Å². The van der Waals surface area contributed by atoms with Crippen LogP contribution in [0.2, 0.25) is 0 Å². The van der Waals surface area contributed by atoms with E-state index in [-0.39, 0.29) is 34.1 Å². The number of ether oxygens (including phenoxy) is 1. The van der Waals surface area contributed by atoms with Crippen LogP contribution in [0, 0.1) is 13.8 Å². The number of thiophene rings is 1. The average molecular weight is 539 g/mol. The number of esters is 1. The molecule has 1 N–H and O–H groups in total. The molecule has 5 aromatic rings. The Morgan fingerprint density at radius 3 is 2.58 bits per heavy atom. The summed E-state index contributed by atoms with van der Waals surface area (Å²) < 4.78 is 48.1. The van der Waals surface area contributed by atoms with Crippen LogP contribution in [-0.2, 0) is 10.9 Å². The molecular weight excluding hydrogens is 517 g/mol. The first-order valence-corrected chi connectivity index (χ1v) is 12.4. The van der Waals surface area contributed by atoms with Crippen molar-refractivity contribution >= 4 is 44.6 Å². The lowest BCUT2D eigenvalue weighted by Gasteiger charge is -2.13. The molecule has 0 atom stereocenters. The summed E-state index contributed by atoms with van der Waals surface area (Å²) >= 11 is 1.17. The standard InChI is InChI=1S/C27H21F3N4O3S/c1-4-37-26(36)22-14(2)15(3)38-25(22)33-24(35)19-13-31-34-21(27(28,29)30)12-20(32-23(19)34)18-11-7-9-16-8-5-6-10-17(16)18/h5-13H,4H2,1-3H3,(H,33,35). The van der Waals surface area contributed by atoms with Crippen molar-refractivity contribution in [2.24, 2.45) is 0 Å². The van der Waals surface area contributed by atoms with Gasteiger partial charge in [0.25, 0.3) is 5.91 Å². The second-order valence-corrected chi connectivity index (χ2v) is 9.73. The lowest BCUT2D eigenvalue weighted by atomic mass is 10.0. The number of benzene rings is 2. The van der Waals surface area contributed by atoms with Gasteiger partial charge < -0.3 is 10.1 Å². The molecule has 0 radical (unpaired) electrons. The quantitative estimate of drug-likeness (QED) is 0.253. The molecule has 0 aliphatic carbocycles. The first kappa shape index (κ1) is 25.4. The maximum atomic E-state index is 14.1. The predicted octanol–water partition coefficient (Wildman–Crippen LogP) is 6.68. The van der Waals surface area contributed by atoms with Gasteiger partial charge in [-0.2, -0.15) is 18.3 Å². The molecule has 1 amide bonds. The van der Waals surface area contributed by atoms with E-state index in [9.17, 15) is 22.8 Å². The Labute approximate surface area is 218 Å². The molecule has 11 heteroatoms. The number of fused-ring (bicyclic) bond motifs is 2. The number of aromatic nitrogens is 3. The van der Waals surface area contributed by atoms with E-state index in [1.165, 1.54) is 11.3 Å². The van der Waals surface area contributed by atoms with Crippen LogP contribution < -0.4 is 5.32 Å². The van der Waals surface area contributed by atoms with Crippen LogP contribution in [0.4, 0.5) is 18.2 Å². The predicted molar refractivity (Wildman–Crippen MR) is 139 cm³/mol. The van der Waals surface area contributed by atoms with Gasteiger partial charge in [-0.05, 0) is 43.2 Å². The van der Waals surface area contributed by atoms with Crippen LogP contribution in [0.1, 0.15) is 43.8 Å². The van der Waals surface area contributed by atoms with Crippen molar-refractivity contribution in [1.29, 1.82) is 0 Å². The van der Waals surface area contributed by atoms with Crippen molar-refractivity contribution in [3.8, 4) is 11.3 Å². The smallest absolute Gasteiger partial charge is 0.433 e. The summed E-state index contributed by atoms with van der Waals surface area (Å²) in [7, 11) is 0. The second-order valence-electron chi connectivity index (χ2n) is 8.51. The molecule has 2 aromatic carbocycles. The molecule has 0 aliphatic heterocycles. The number of rotatable bonds is 5. The van der Waals surface area contributed by atoms with Gasteiger partial charge in [0.15, 0.2) is 11.3 Å². The lowest BCUT2D eigenvalue weighted by molar-refractivity contribution is -0.142. The summed E-state index contributed by atoms with van der Waals surface area (Å²) in [5, 5.41) is 8.29. The van der Waals surface area contributed by atoms with E-state index in [4.69, 9.17) is 4.74 Å². The van der Waals surface area contributed by atoms with Crippen LogP contribution in [0.3, 0.4) is 0 Å². The van der Waals surface area contributed by atoms with Gasteiger partial charge in [-0.1, -0.05) is 42.5 Å². The van der Waals surface area contributed by atoms with Crippen LogP contribution in [-0.4, -0.2) is 33.1 Å². The number of carbonyl (C=O) groups excluding carboxylic acids is 2. The number of anilines is 1. The first-order valence-electron chi connectivity index (χ1n) is 11.6. The zero-order valence-electron chi connectivity index (χ0n) is 20.5. The van der Waals surface area contributed by atoms with E-state index in [2.05, 4.69) is 15.4 Å². The molecular formula is C27H21F3N4O3S. The number of halogens is 3. The van der Waals surface area contributed by atoms with Crippen molar-refractivity contribution in [2.75, 3.05) is 11.9 Å². The molecule has 38 heavy (non-hydrogen) atoms. The molecule has 7 nitrogen and oxygen atoms in total. The minimum absolute atomic E-state index is 0.0474. The molecule has 194 valence electrons. The Hall–Kier alpha value is -4.25. The number of carbonyl (C=O) groups is 2. The molecule has 0 saturated heterocycles. The average Bonchev–Trinajstić information content (AvgIpc) is 3.42. The highest BCUT2D eigenvalue weighted by Crippen LogP contribution is 2.36. The Morgan fingerprint density at radius 1 is 1.11 bits per heavy atom. The maximum absolute atomic E-state index is 14.1. The van der Waals surface area contributed by atoms with E-state index in [0.717, 1.165) is 22.5 Å². The third kappa shape index (κ3) is 4.38. The minimum atomic E-state index is -4.76. The highest BCUT2D eigenvalue weighted by Gasteiger charge is 2.36. The molecule has 5 rings (SSSR count). The van der Waals surface area contributed by atoms with Crippen molar-refractivity contribution in [3.63, 3.8) is 0 Å². The summed E-state index contributed by atoms with van der Waals surface area (Å²) in [5.41, 5.74) is -0.110. The first-order chi connectivity index (χ1) is 18.1. The molecule has 3 aromatic heterocycles. The number of hydrogen-bond donors (Lipinski definition) is 1. The summed E-state index contributed by atoms with van der Waals surface area (Å²) in [4.78, 5) is 31.1. The van der Waals surface area contributed by atoms with Gasteiger partial charge >= 0.3 is 12.1 Å². The van der Waals surface area contributed by atoms with Crippen molar-refractivity contribution in [2.45, 2.75) is 26.9 Å². The van der Waals surface area contributed by atoms with Gasteiger partial charge in [-0.3, -0.25) is 4.79 Å². The third-order valence-corrected chi connectivity index (χ3v) is 7.29. The van der Waals surface area contributed by atoms with Crippen LogP contribution in [0.15, 0.2) is 54.7 Å². The van der Waals surface area contributed by atoms with Crippen molar-refractivity contribution in [1.82, 2.24) is 14.6 Å². The number of amides is 1. The summed E-state index contributed by atoms with van der Waals surface area (Å²) in [6, 6.07) is 13.5. The fourth-order valence-corrected chi connectivity index (χ4v) is 5.29.